The molecule has 0 aliphatic heterocycles. The zero-order valence-corrected chi connectivity index (χ0v) is 10.4. The molecule has 0 radical (unpaired) electrons. The second-order valence-electron chi connectivity index (χ2n) is 4.07. The minimum absolute atomic E-state index is 0.0575. The van der Waals surface area contributed by atoms with E-state index in [1.54, 1.807) is 13.0 Å². The second-order valence-corrected chi connectivity index (χ2v) is 4.07. The molecular formula is C11H20N4O2. The van der Waals surface area contributed by atoms with Crippen LogP contribution in [0.1, 0.15) is 18.6 Å². The number of nitrogens with zero attached hydrogens (tertiary/aromatic N) is 2. The number of nitrogens with one attached hydrogen (secondary N) is 1. The molecule has 1 aromatic rings. The molecule has 0 saturated carbocycles. The number of hydrogen-bond donors (Lipinski definition) is 2. The van der Waals surface area contributed by atoms with Crippen LogP contribution in [0.4, 0.5) is 5.82 Å². The Morgan fingerprint density at radius 2 is 2.35 bits per heavy atom. The Bertz CT molecular complexity index is 351. The van der Waals surface area contributed by atoms with Gasteiger partial charge in [-0.3, -0.25) is 4.79 Å². The van der Waals surface area contributed by atoms with Crippen LogP contribution in [-0.2, 0) is 4.79 Å². The third-order valence-electron chi connectivity index (χ3n) is 2.36. The molecule has 1 amide bonds. The third kappa shape index (κ3) is 5.46. The van der Waals surface area contributed by atoms with Gasteiger partial charge in [0.1, 0.15) is 5.76 Å². The average Bonchev–Trinajstić information content (AvgIpc) is 2.69. The van der Waals surface area contributed by atoms with Crippen molar-refractivity contribution in [2.45, 2.75) is 19.8 Å². The zero-order chi connectivity index (χ0) is 12.7. The van der Waals surface area contributed by atoms with Gasteiger partial charge in [-0.25, -0.2) is 0 Å². The van der Waals surface area contributed by atoms with Crippen LogP contribution in [0.3, 0.4) is 0 Å². The van der Waals surface area contributed by atoms with Crippen molar-refractivity contribution < 1.29 is 9.32 Å². The lowest BCUT2D eigenvalue weighted by Crippen LogP contribution is -2.26. The Hall–Kier alpha value is -1.40. The number of aryl methyl sites for hydroxylation is 1. The molecule has 0 spiro atoms. The first-order valence-corrected chi connectivity index (χ1v) is 5.73. The van der Waals surface area contributed by atoms with E-state index in [0.29, 0.717) is 31.1 Å². The van der Waals surface area contributed by atoms with E-state index in [9.17, 15) is 4.79 Å². The number of anilines is 1. The Morgan fingerprint density at radius 3 is 2.94 bits per heavy atom. The largest absolute Gasteiger partial charge is 0.360 e. The van der Waals surface area contributed by atoms with Crippen molar-refractivity contribution in [1.82, 2.24) is 10.1 Å². The highest BCUT2D eigenvalue weighted by molar-refractivity contribution is 5.89. The highest BCUT2D eigenvalue weighted by atomic mass is 16.5. The topological polar surface area (TPSA) is 84.4 Å². The molecule has 0 aliphatic rings. The van der Waals surface area contributed by atoms with Gasteiger partial charge in [-0.1, -0.05) is 5.16 Å². The van der Waals surface area contributed by atoms with E-state index in [4.69, 9.17) is 10.3 Å². The van der Waals surface area contributed by atoms with E-state index >= 15 is 0 Å². The summed E-state index contributed by atoms with van der Waals surface area (Å²) in [5, 5.41) is 6.37. The predicted molar refractivity (Wildman–Crippen MR) is 65.7 cm³/mol. The maximum atomic E-state index is 11.6. The highest BCUT2D eigenvalue weighted by Gasteiger charge is 2.07. The van der Waals surface area contributed by atoms with Crippen LogP contribution < -0.4 is 11.1 Å². The van der Waals surface area contributed by atoms with Crippen molar-refractivity contribution in [2.24, 2.45) is 5.73 Å². The van der Waals surface area contributed by atoms with Crippen LogP contribution in [0.5, 0.6) is 0 Å². The van der Waals surface area contributed by atoms with Gasteiger partial charge in [0.05, 0.1) is 0 Å². The maximum absolute atomic E-state index is 11.6. The fraction of sp³-hybridized carbons (Fsp3) is 0.636. The molecular weight excluding hydrogens is 220 g/mol. The van der Waals surface area contributed by atoms with Gasteiger partial charge in [0.2, 0.25) is 5.91 Å². The number of rotatable bonds is 7. The van der Waals surface area contributed by atoms with Gasteiger partial charge in [0.25, 0.3) is 0 Å². The smallest absolute Gasteiger partial charge is 0.226 e. The SMILES string of the molecule is Cc1cc(NC(=O)CCN(C)CCCN)no1. The molecule has 0 unspecified atom stereocenters. The van der Waals surface area contributed by atoms with Crippen LogP contribution in [0.25, 0.3) is 0 Å². The Balaban J connectivity index is 2.21. The number of hydrogen-bond acceptors (Lipinski definition) is 5. The molecule has 1 aromatic heterocycles. The van der Waals surface area contributed by atoms with Crippen molar-refractivity contribution >= 4 is 11.7 Å². The van der Waals surface area contributed by atoms with Gasteiger partial charge < -0.3 is 20.5 Å². The molecule has 17 heavy (non-hydrogen) atoms. The quantitative estimate of drug-likeness (QED) is 0.728. The lowest BCUT2D eigenvalue weighted by Gasteiger charge is -2.15. The summed E-state index contributed by atoms with van der Waals surface area (Å²) in [6.45, 7) is 4.08. The molecule has 6 heteroatoms. The fourth-order valence-electron chi connectivity index (χ4n) is 1.40. The van der Waals surface area contributed by atoms with E-state index in [0.717, 1.165) is 13.0 Å². The summed E-state index contributed by atoms with van der Waals surface area (Å²) in [5.74, 6) is 1.09. The normalized spacial score (nSPS) is 10.8. The fourth-order valence-corrected chi connectivity index (χ4v) is 1.40. The number of carbonyl (C=O) groups is 1. The minimum Gasteiger partial charge on any atom is -0.360 e. The van der Waals surface area contributed by atoms with E-state index in [1.165, 1.54) is 0 Å². The van der Waals surface area contributed by atoms with Gasteiger partial charge >= 0.3 is 0 Å². The number of amides is 1. The van der Waals surface area contributed by atoms with Crippen molar-refractivity contribution in [3.63, 3.8) is 0 Å². The molecule has 1 heterocycles. The van der Waals surface area contributed by atoms with Gasteiger partial charge in [-0.15, -0.1) is 0 Å². The molecule has 0 bridgehead atoms. The summed E-state index contributed by atoms with van der Waals surface area (Å²) in [5.41, 5.74) is 5.41. The van der Waals surface area contributed by atoms with Crippen LogP contribution in [0.15, 0.2) is 10.6 Å². The predicted octanol–water partition coefficient (Wildman–Crippen LogP) is 0.592. The van der Waals surface area contributed by atoms with Gasteiger partial charge in [-0.2, -0.15) is 0 Å². The lowest BCUT2D eigenvalue weighted by atomic mass is 10.3. The van der Waals surface area contributed by atoms with Crippen molar-refractivity contribution in [3.05, 3.63) is 11.8 Å². The zero-order valence-electron chi connectivity index (χ0n) is 10.4. The van der Waals surface area contributed by atoms with Gasteiger partial charge in [-0.05, 0) is 33.5 Å². The van der Waals surface area contributed by atoms with E-state index < -0.39 is 0 Å². The summed E-state index contributed by atoms with van der Waals surface area (Å²) < 4.78 is 4.86. The molecule has 1 rings (SSSR count). The molecule has 0 aliphatic carbocycles. The monoisotopic (exact) mass is 240 g/mol. The second kappa shape index (κ2) is 7.03. The summed E-state index contributed by atoms with van der Waals surface area (Å²) in [4.78, 5) is 13.6. The van der Waals surface area contributed by atoms with E-state index in [-0.39, 0.29) is 5.91 Å². The lowest BCUT2D eigenvalue weighted by molar-refractivity contribution is -0.116. The van der Waals surface area contributed by atoms with Crippen LogP contribution in [0.2, 0.25) is 0 Å². The molecule has 0 saturated heterocycles. The first-order valence-electron chi connectivity index (χ1n) is 5.73. The van der Waals surface area contributed by atoms with Gasteiger partial charge in [0.15, 0.2) is 5.82 Å². The van der Waals surface area contributed by atoms with Crippen LogP contribution in [-0.4, -0.2) is 42.6 Å². The van der Waals surface area contributed by atoms with Crippen molar-refractivity contribution in [2.75, 3.05) is 32.0 Å². The summed E-state index contributed by atoms with van der Waals surface area (Å²) >= 11 is 0. The third-order valence-corrected chi connectivity index (χ3v) is 2.36. The molecule has 0 aromatic carbocycles. The first-order chi connectivity index (χ1) is 8.11. The summed E-state index contributed by atoms with van der Waals surface area (Å²) in [6, 6.07) is 1.69. The number of carbonyl (C=O) groups excluding carboxylic acids is 1. The Kier molecular flexibility index (Phi) is 5.65. The highest BCUT2D eigenvalue weighted by Crippen LogP contribution is 2.07. The van der Waals surface area contributed by atoms with Crippen molar-refractivity contribution in [3.8, 4) is 0 Å². The molecule has 3 N–H and O–H groups in total. The van der Waals surface area contributed by atoms with E-state index in [2.05, 4.69) is 15.4 Å². The molecule has 6 nitrogen and oxygen atoms in total. The number of aromatic nitrogens is 1. The number of nitrogens with two attached hydrogens (primary N) is 1. The molecule has 0 atom stereocenters. The molecule has 0 fully saturated rings. The Morgan fingerprint density at radius 1 is 1.59 bits per heavy atom. The van der Waals surface area contributed by atoms with Crippen LogP contribution in [0, 0.1) is 6.92 Å². The summed E-state index contributed by atoms with van der Waals surface area (Å²) in [7, 11) is 1.98. The standard InChI is InChI=1S/C11H20N4O2/c1-9-8-10(14-17-9)13-11(16)4-7-15(2)6-3-5-12/h8H,3-7,12H2,1-2H3,(H,13,14,16). The van der Waals surface area contributed by atoms with Crippen molar-refractivity contribution in [1.29, 1.82) is 0 Å². The van der Waals surface area contributed by atoms with Crippen LogP contribution >= 0.6 is 0 Å². The minimum atomic E-state index is -0.0575. The molecule has 96 valence electrons. The maximum Gasteiger partial charge on any atom is 0.226 e. The first kappa shape index (κ1) is 13.7. The summed E-state index contributed by atoms with van der Waals surface area (Å²) in [6.07, 6.45) is 1.38. The van der Waals surface area contributed by atoms with Gasteiger partial charge in [0, 0.05) is 19.0 Å². The Labute approximate surface area is 101 Å². The van der Waals surface area contributed by atoms with E-state index in [1.807, 2.05) is 7.05 Å². The average molecular weight is 240 g/mol.